The highest BCUT2D eigenvalue weighted by Crippen LogP contribution is 2.33. The lowest BCUT2D eigenvalue weighted by Crippen LogP contribution is -2.04. The molecular weight excluding hydrogens is 376 g/mol. The number of carbonyl (C=O) groups is 1. The molecule has 0 aliphatic heterocycles. The Labute approximate surface area is 158 Å². The molecule has 0 aromatic heterocycles. The minimum absolute atomic E-state index is 0.0223. The molecule has 1 aliphatic rings. The van der Waals surface area contributed by atoms with Gasteiger partial charge in [-0.25, -0.2) is 0 Å². The summed E-state index contributed by atoms with van der Waals surface area (Å²) < 4.78 is 59.1. The van der Waals surface area contributed by atoms with Crippen LogP contribution in [0.5, 0.6) is 11.5 Å². The number of halogens is 4. The molecule has 1 aliphatic carbocycles. The second kappa shape index (κ2) is 8.73. The third kappa shape index (κ3) is 4.79. The lowest BCUT2D eigenvalue weighted by Gasteiger charge is -2.08. The number of allylic oxidation sites excluding steroid dienone is 2. The summed E-state index contributed by atoms with van der Waals surface area (Å²) in [4.78, 5) is 12.7. The Kier molecular flexibility index (Phi) is 6.13. The first-order valence-electron chi connectivity index (χ1n) is 8.47. The van der Waals surface area contributed by atoms with E-state index in [2.05, 4.69) is 9.47 Å². The summed E-state index contributed by atoms with van der Waals surface area (Å²) >= 11 is 0. The van der Waals surface area contributed by atoms with E-state index in [-0.39, 0.29) is 17.3 Å². The average Bonchev–Trinajstić information content (AvgIpc) is 2.97. The summed E-state index contributed by atoms with van der Waals surface area (Å²) in [5.41, 5.74) is 1.61. The molecule has 0 unspecified atom stereocenters. The van der Waals surface area contributed by atoms with Gasteiger partial charge in [0.1, 0.15) is 11.5 Å². The van der Waals surface area contributed by atoms with Crippen molar-refractivity contribution in [2.45, 2.75) is 26.1 Å². The molecule has 0 bridgehead atoms. The summed E-state index contributed by atoms with van der Waals surface area (Å²) in [6.45, 7) is -5.94. The summed E-state index contributed by atoms with van der Waals surface area (Å²) in [5.74, 6) is -0.310. The van der Waals surface area contributed by atoms with Crippen LogP contribution in [0.25, 0.3) is 12.2 Å². The molecule has 7 heteroatoms. The van der Waals surface area contributed by atoms with Crippen LogP contribution in [0, 0.1) is 0 Å². The number of rotatable bonds is 6. The van der Waals surface area contributed by atoms with Gasteiger partial charge in [0.25, 0.3) is 0 Å². The molecular formula is C21H16F4O3. The number of para-hydroxylation sites is 2. The Morgan fingerprint density at radius 2 is 1.11 bits per heavy atom. The molecule has 3 rings (SSSR count). The van der Waals surface area contributed by atoms with E-state index in [0.29, 0.717) is 35.1 Å². The fourth-order valence-corrected chi connectivity index (χ4v) is 2.96. The second-order valence-corrected chi connectivity index (χ2v) is 6.00. The maximum absolute atomic E-state index is 12.7. The molecule has 146 valence electrons. The molecule has 2 aromatic carbocycles. The number of Topliss-reactive ketones (excluding diaryl/α,β-unsaturated/α-hetero) is 1. The van der Waals surface area contributed by atoms with Crippen LogP contribution in [0.2, 0.25) is 0 Å². The predicted octanol–water partition coefficient (Wildman–Crippen LogP) is 5.72. The lowest BCUT2D eigenvalue weighted by atomic mass is 10.1. The molecule has 3 nitrogen and oxygen atoms in total. The minimum atomic E-state index is -2.97. The third-order valence-electron chi connectivity index (χ3n) is 4.18. The van der Waals surface area contributed by atoms with Crippen LogP contribution in [0.4, 0.5) is 17.6 Å². The van der Waals surface area contributed by atoms with Gasteiger partial charge in [0, 0.05) is 22.3 Å². The van der Waals surface area contributed by atoms with Crippen molar-refractivity contribution in [1.29, 1.82) is 0 Å². The van der Waals surface area contributed by atoms with E-state index < -0.39 is 13.2 Å². The first-order chi connectivity index (χ1) is 13.4. The highest BCUT2D eigenvalue weighted by molar-refractivity contribution is 6.15. The maximum atomic E-state index is 12.7. The average molecular weight is 392 g/mol. The molecule has 1 saturated carbocycles. The van der Waals surface area contributed by atoms with Crippen LogP contribution in [-0.4, -0.2) is 19.0 Å². The van der Waals surface area contributed by atoms with Crippen LogP contribution < -0.4 is 9.47 Å². The van der Waals surface area contributed by atoms with E-state index >= 15 is 0 Å². The van der Waals surface area contributed by atoms with E-state index in [4.69, 9.17) is 0 Å². The first-order valence-corrected chi connectivity index (χ1v) is 8.47. The van der Waals surface area contributed by atoms with Crippen LogP contribution in [0.1, 0.15) is 24.0 Å². The van der Waals surface area contributed by atoms with Crippen molar-refractivity contribution in [3.63, 3.8) is 0 Å². The molecule has 0 atom stereocenters. The number of benzene rings is 2. The largest absolute Gasteiger partial charge is 0.434 e. The van der Waals surface area contributed by atoms with E-state index in [1.165, 1.54) is 24.3 Å². The van der Waals surface area contributed by atoms with Gasteiger partial charge in [0.2, 0.25) is 0 Å². The maximum Gasteiger partial charge on any atom is 0.387 e. The molecule has 28 heavy (non-hydrogen) atoms. The topological polar surface area (TPSA) is 35.5 Å². The monoisotopic (exact) mass is 392 g/mol. The standard InChI is InChI=1S/C21H16F4O3/c22-20(23)27-17-7-3-1-5-13(17)11-15-9-10-16(19(15)26)12-14-6-2-4-8-18(14)28-21(24)25/h1-8,11-12,20-21H,9-10H2/b15-11+,16-12+. The van der Waals surface area contributed by atoms with Crippen molar-refractivity contribution in [3.05, 3.63) is 70.8 Å². The SMILES string of the molecule is O=C1/C(=C/c2ccccc2OC(F)F)CC/C1=C\c1ccccc1OC(F)F. The van der Waals surface area contributed by atoms with Crippen LogP contribution >= 0.6 is 0 Å². The van der Waals surface area contributed by atoms with E-state index in [1.807, 2.05) is 0 Å². The van der Waals surface area contributed by atoms with Gasteiger partial charge in [-0.3, -0.25) is 4.79 Å². The normalized spacial score (nSPS) is 17.1. The van der Waals surface area contributed by atoms with Gasteiger partial charge >= 0.3 is 13.2 Å². The molecule has 1 fully saturated rings. The molecule has 0 amide bonds. The lowest BCUT2D eigenvalue weighted by molar-refractivity contribution is -0.111. The number of carbonyl (C=O) groups excluding carboxylic acids is 1. The molecule has 0 N–H and O–H groups in total. The van der Waals surface area contributed by atoms with Gasteiger partial charge in [0.15, 0.2) is 5.78 Å². The van der Waals surface area contributed by atoms with Crippen molar-refractivity contribution < 1.29 is 31.8 Å². The number of hydrogen-bond donors (Lipinski definition) is 0. The van der Waals surface area contributed by atoms with Crippen molar-refractivity contribution in [2.24, 2.45) is 0 Å². The van der Waals surface area contributed by atoms with Crippen molar-refractivity contribution in [2.75, 3.05) is 0 Å². The zero-order chi connectivity index (χ0) is 20.1. The zero-order valence-corrected chi connectivity index (χ0v) is 14.6. The smallest absolute Gasteiger partial charge is 0.387 e. The quantitative estimate of drug-likeness (QED) is 0.466. The third-order valence-corrected chi connectivity index (χ3v) is 4.18. The van der Waals surface area contributed by atoms with Crippen molar-refractivity contribution in [1.82, 2.24) is 0 Å². The van der Waals surface area contributed by atoms with Crippen LogP contribution in [0.3, 0.4) is 0 Å². The van der Waals surface area contributed by atoms with Crippen LogP contribution in [0.15, 0.2) is 59.7 Å². The second-order valence-electron chi connectivity index (χ2n) is 6.00. The van der Waals surface area contributed by atoms with Gasteiger partial charge in [0.05, 0.1) is 0 Å². The number of hydrogen-bond acceptors (Lipinski definition) is 3. The van der Waals surface area contributed by atoms with Crippen molar-refractivity contribution >= 4 is 17.9 Å². The summed E-state index contributed by atoms with van der Waals surface area (Å²) in [6, 6.07) is 12.4. The molecule has 0 radical (unpaired) electrons. The van der Waals surface area contributed by atoms with Gasteiger partial charge in [-0.1, -0.05) is 36.4 Å². The van der Waals surface area contributed by atoms with E-state index in [1.54, 1.807) is 36.4 Å². The van der Waals surface area contributed by atoms with Crippen molar-refractivity contribution in [3.8, 4) is 11.5 Å². The van der Waals surface area contributed by atoms with Gasteiger partial charge in [-0.2, -0.15) is 17.6 Å². The van der Waals surface area contributed by atoms with E-state index in [0.717, 1.165) is 0 Å². The highest BCUT2D eigenvalue weighted by atomic mass is 19.3. The molecule has 0 spiro atoms. The number of ether oxygens (including phenoxy) is 2. The van der Waals surface area contributed by atoms with Crippen LogP contribution in [-0.2, 0) is 4.79 Å². The minimum Gasteiger partial charge on any atom is -0.434 e. The van der Waals surface area contributed by atoms with Gasteiger partial charge < -0.3 is 9.47 Å². The fraction of sp³-hybridized carbons (Fsp3) is 0.190. The summed E-state index contributed by atoms with van der Waals surface area (Å²) in [5, 5.41) is 0. The zero-order valence-electron chi connectivity index (χ0n) is 14.6. The highest BCUT2D eigenvalue weighted by Gasteiger charge is 2.24. The van der Waals surface area contributed by atoms with Gasteiger partial charge in [-0.05, 0) is 37.1 Å². The van der Waals surface area contributed by atoms with Gasteiger partial charge in [-0.15, -0.1) is 0 Å². The Bertz CT molecular complexity index is 846. The number of alkyl halides is 4. The fourth-order valence-electron chi connectivity index (χ4n) is 2.96. The Morgan fingerprint density at radius 1 is 0.714 bits per heavy atom. The molecule has 2 aromatic rings. The first kappa shape index (κ1) is 19.7. The summed E-state index contributed by atoms with van der Waals surface area (Å²) in [7, 11) is 0. The van der Waals surface area contributed by atoms with E-state index in [9.17, 15) is 22.4 Å². The molecule has 0 heterocycles. The predicted molar refractivity (Wildman–Crippen MR) is 96.3 cm³/mol. The molecule has 0 saturated heterocycles. The Balaban J connectivity index is 1.87. The summed E-state index contributed by atoms with van der Waals surface area (Å²) in [6.07, 6.45) is 3.85. The Hall–Kier alpha value is -3.09. The number of ketones is 1. The Morgan fingerprint density at radius 3 is 1.50 bits per heavy atom.